The number of hydrogen-bond donors (Lipinski definition) is 0. The number of thiophene rings is 1. The second-order valence-electron chi connectivity index (χ2n) is 6.01. The van der Waals surface area contributed by atoms with Gasteiger partial charge in [-0.15, -0.1) is 11.3 Å². The molecule has 0 aliphatic rings. The molecule has 1 aromatic heterocycles. The second kappa shape index (κ2) is 3.83. The van der Waals surface area contributed by atoms with Crippen LogP contribution < -0.4 is 0 Å². The average Bonchev–Trinajstić information content (AvgIpc) is 2.63. The molecule has 0 radical (unpaired) electrons. The van der Waals surface area contributed by atoms with E-state index in [0.29, 0.717) is 0 Å². The van der Waals surface area contributed by atoms with Crippen molar-refractivity contribution < 1.29 is 0 Å². The van der Waals surface area contributed by atoms with E-state index in [9.17, 15) is 0 Å². The maximum absolute atomic E-state index is 2.39. The quantitative estimate of drug-likeness (QED) is 0.485. The van der Waals surface area contributed by atoms with E-state index < -0.39 is 0 Å². The summed E-state index contributed by atoms with van der Waals surface area (Å²) in [5, 5.41) is 2.80. The Bertz CT molecular complexity index is 726. The Hall–Kier alpha value is -1.34. The molecule has 0 saturated carbocycles. The Balaban J connectivity index is 2.43. The molecule has 1 heteroatoms. The first kappa shape index (κ1) is 11.7. The van der Waals surface area contributed by atoms with Crippen LogP contribution in [0.1, 0.15) is 31.9 Å². The molecule has 0 fully saturated rings. The number of fused-ring (bicyclic) bond motifs is 3. The summed E-state index contributed by atoms with van der Waals surface area (Å²) in [6.45, 7) is 9.09. The SMILES string of the molecule is Cc1cc2sc3ccccc3c2cc1C(C)(C)C. The molecule has 0 unspecified atom stereocenters. The molecule has 3 rings (SSSR count). The zero-order valence-electron chi connectivity index (χ0n) is 11.4. The van der Waals surface area contributed by atoms with Crippen LogP contribution in [-0.2, 0) is 5.41 Å². The summed E-state index contributed by atoms with van der Waals surface area (Å²) in [6.07, 6.45) is 0. The molecular weight excluding hydrogens is 236 g/mol. The third-order valence-corrected chi connectivity index (χ3v) is 4.67. The van der Waals surface area contributed by atoms with Gasteiger partial charge in [0, 0.05) is 20.2 Å². The van der Waals surface area contributed by atoms with Crippen molar-refractivity contribution >= 4 is 31.5 Å². The standard InChI is InChI=1S/C17H18S/c1-11-9-16-13(10-14(11)17(2,3)4)12-7-5-6-8-15(12)18-16/h5-10H,1-4H3. The van der Waals surface area contributed by atoms with Crippen LogP contribution in [0.3, 0.4) is 0 Å². The summed E-state index contributed by atoms with van der Waals surface area (Å²) >= 11 is 1.90. The molecule has 0 N–H and O–H groups in total. The van der Waals surface area contributed by atoms with E-state index in [4.69, 9.17) is 0 Å². The fraction of sp³-hybridized carbons (Fsp3) is 0.294. The largest absolute Gasteiger partial charge is 0.135 e. The predicted molar refractivity (Wildman–Crippen MR) is 82.8 cm³/mol. The molecule has 0 aliphatic carbocycles. The van der Waals surface area contributed by atoms with E-state index in [1.807, 2.05) is 11.3 Å². The summed E-state index contributed by atoms with van der Waals surface area (Å²) in [6, 6.07) is 13.4. The van der Waals surface area contributed by atoms with Crippen LogP contribution >= 0.6 is 11.3 Å². The van der Waals surface area contributed by atoms with E-state index >= 15 is 0 Å². The lowest BCUT2D eigenvalue weighted by Crippen LogP contribution is -2.12. The molecule has 0 atom stereocenters. The Kier molecular flexibility index (Phi) is 2.49. The van der Waals surface area contributed by atoms with Crippen LogP contribution in [0.5, 0.6) is 0 Å². The molecule has 1 heterocycles. The van der Waals surface area contributed by atoms with E-state index in [2.05, 4.69) is 64.1 Å². The van der Waals surface area contributed by atoms with Crippen molar-refractivity contribution in [2.24, 2.45) is 0 Å². The van der Waals surface area contributed by atoms with Crippen LogP contribution in [0.2, 0.25) is 0 Å². The summed E-state index contributed by atoms with van der Waals surface area (Å²) in [7, 11) is 0. The van der Waals surface area contributed by atoms with E-state index in [1.165, 1.54) is 31.3 Å². The highest BCUT2D eigenvalue weighted by Crippen LogP contribution is 2.38. The first-order chi connectivity index (χ1) is 8.47. The maximum atomic E-state index is 2.39. The van der Waals surface area contributed by atoms with Crippen LogP contribution in [0.25, 0.3) is 20.2 Å². The molecule has 0 saturated heterocycles. The Morgan fingerprint density at radius 1 is 0.889 bits per heavy atom. The van der Waals surface area contributed by atoms with E-state index in [0.717, 1.165) is 0 Å². The average molecular weight is 254 g/mol. The third kappa shape index (κ3) is 1.74. The first-order valence-electron chi connectivity index (χ1n) is 6.39. The van der Waals surface area contributed by atoms with Crippen molar-refractivity contribution in [3.8, 4) is 0 Å². The van der Waals surface area contributed by atoms with Crippen molar-refractivity contribution in [1.82, 2.24) is 0 Å². The minimum Gasteiger partial charge on any atom is -0.135 e. The van der Waals surface area contributed by atoms with Crippen LogP contribution in [0.15, 0.2) is 36.4 Å². The molecular formula is C17H18S. The number of rotatable bonds is 0. The summed E-state index contributed by atoms with van der Waals surface area (Å²) in [4.78, 5) is 0. The molecule has 18 heavy (non-hydrogen) atoms. The van der Waals surface area contributed by atoms with Gasteiger partial charge in [-0.3, -0.25) is 0 Å². The minimum absolute atomic E-state index is 0.210. The van der Waals surface area contributed by atoms with Gasteiger partial charge in [0.05, 0.1) is 0 Å². The topological polar surface area (TPSA) is 0 Å². The van der Waals surface area contributed by atoms with Crippen LogP contribution in [-0.4, -0.2) is 0 Å². The smallest absolute Gasteiger partial charge is 0.0358 e. The molecule has 0 nitrogen and oxygen atoms in total. The Labute approximate surface area is 112 Å². The number of benzene rings is 2. The van der Waals surface area contributed by atoms with Gasteiger partial charge in [-0.1, -0.05) is 39.0 Å². The number of hydrogen-bond acceptors (Lipinski definition) is 1. The molecule has 0 spiro atoms. The van der Waals surface area contributed by atoms with Gasteiger partial charge in [-0.2, -0.15) is 0 Å². The van der Waals surface area contributed by atoms with Gasteiger partial charge < -0.3 is 0 Å². The van der Waals surface area contributed by atoms with Gasteiger partial charge in [0.1, 0.15) is 0 Å². The molecule has 0 aliphatic heterocycles. The fourth-order valence-corrected chi connectivity index (χ4v) is 3.87. The number of aryl methyl sites for hydroxylation is 1. The van der Waals surface area contributed by atoms with Crippen LogP contribution in [0.4, 0.5) is 0 Å². The van der Waals surface area contributed by atoms with Crippen molar-refractivity contribution in [3.63, 3.8) is 0 Å². The monoisotopic (exact) mass is 254 g/mol. The lowest BCUT2D eigenvalue weighted by atomic mass is 9.83. The van der Waals surface area contributed by atoms with Gasteiger partial charge in [0.2, 0.25) is 0 Å². The fourth-order valence-electron chi connectivity index (χ4n) is 2.68. The third-order valence-electron chi connectivity index (χ3n) is 3.53. The lowest BCUT2D eigenvalue weighted by Gasteiger charge is -2.21. The molecule has 2 aromatic carbocycles. The van der Waals surface area contributed by atoms with E-state index in [1.54, 1.807) is 0 Å². The van der Waals surface area contributed by atoms with Gasteiger partial charge in [-0.05, 0) is 41.7 Å². The minimum atomic E-state index is 0.210. The van der Waals surface area contributed by atoms with Crippen LogP contribution in [0, 0.1) is 6.92 Å². The summed E-state index contributed by atoms with van der Waals surface area (Å²) < 4.78 is 2.79. The lowest BCUT2D eigenvalue weighted by molar-refractivity contribution is 0.587. The maximum Gasteiger partial charge on any atom is 0.0358 e. The predicted octanol–water partition coefficient (Wildman–Crippen LogP) is 5.66. The Morgan fingerprint density at radius 3 is 2.33 bits per heavy atom. The highest BCUT2D eigenvalue weighted by atomic mass is 32.1. The van der Waals surface area contributed by atoms with E-state index in [-0.39, 0.29) is 5.41 Å². The van der Waals surface area contributed by atoms with Crippen molar-refractivity contribution in [2.75, 3.05) is 0 Å². The normalized spacial score (nSPS) is 12.4. The summed E-state index contributed by atoms with van der Waals surface area (Å²) in [5.41, 5.74) is 3.07. The molecule has 92 valence electrons. The summed E-state index contributed by atoms with van der Waals surface area (Å²) in [5.74, 6) is 0. The van der Waals surface area contributed by atoms with Gasteiger partial charge >= 0.3 is 0 Å². The zero-order chi connectivity index (χ0) is 12.9. The molecule has 3 aromatic rings. The van der Waals surface area contributed by atoms with Gasteiger partial charge in [0.15, 0.2) is 0 Å². The van der Waals surface area contributed by atoms with Gasteiger partial charge in [-0.25, -0.2) is 0 Å². The van der Waals surface area contributed by atoms with Crippen molar-refractivity contribution in [1.29, 1.82) is 0 Å². The highest BCUT2D eigenvalue weighted by Gasteiger charge is 2.18. The van der Waals surface area contributed by atoms with Crippen molar-refractivity contribution in [2.45, 2.75) is 33.1 Å². The molecule has 0 bridgehead atoms. The Morgan fingerprint density at radius 2 is 1.61 bits per heavy atom. The second-order valence-corrected chi connectivity index (χ2v) is 7.10. The van der Waals surface area contributed by atoms with Gasteiger partial charge in [0.25, 0.3) is 0 Å². The molecule has 0 amide bonds. The highest BCUT2D eigenvalue weighted by molar-refractivity contribution is 7.25. The first-order valence-corrected chi connectivity index (χ1v) is 7.21. The zero-order valence-corrected chi connectivity index (χ0v) is 12.2. The van der Waals surface area contributed by atoms with Crippen molar-refractivity contribution in [3.05, 3.63) is 47.5 Å².